The molecule has 0 rings (SSSR count). The van der Waals surface area contributed by atoms with E-state index < -0.39 is 29.4 Å². The van der Waals surface area contributed by atoms with E-state index in [0.29, 0.717) is 0 Å². The summed E-state index contributed by atoms with van der Waals surface area (Å²) in [6.07, 6.45) is 0. The fourth-order valence-corrected chi connectivity index (χ4v) is 1.41. The van der Waals surface area contributed by atoms with Gasteiger partial charge >= 0.3 is 18.0 Å². The van der Waals surface area contributed by atoms with E-state index >= 15 is 0 Å². The summed E-state index contributed by atoms with van der Waals surface area (Å²) in [5.74, 6) is -1.67. The van der Waals surface area contributed by atoms with Crippen LogP contribution in [-0.2, 0) is 14.3 Å². The van der Waals surface area contributed by atoms with Gasteiger partial charge in [0.1, 0.15) is 12.6 Å². The third-order valence-electron chi connectivity index (χ3n) is 2.60. The highest BCUT2D eigenvalue weighted by Crippen LogP contribution is 2.19. The van der Waals surface area contributed by atoms with Gasteiger partial charge in [0.05, 0.1) is 7.11 Å². The first-order valence-corrected chi connectivity index (χ1v) is 5.98. The Bertz CT molecular complexity index is 349. The van der Waals surface area contributed by atoms with Crippen molar-refractivity contribution in [2.24, 2.45) is 5.41 Å². The predicted octanol–water partition coefficient (Wildman–Crippen LogP) is 0.690. The summed E-state index contributed by atoms with van der Waals surface area (Å²) in [4.78, 5) is 35.4. The lowest BCUT2D eigenvalue weighted by Crippen LogP contribution is -2.54. The van der Waals surface area contributed by atoms with Gasteiger partial charge in [-0.25, -0.2) is 9.59 Å². The van der Waals surface area contributed by atoms with Crippen LogP contribution in [0.25, 0.3) is 0 Å². The molecule has 0 aromatic heterocycles. The molecule has 0 aliphatic heterocycles. The zero-order valence-corrected chi connectivity index (χ0v) is 12.0. The molecule has 0 aromatic carbocycles. The topological polar surface area (TPSA) is 95.9 Å². The molecule has 0 unspecified atom stereocenters. The van der Waals surface area contributed by atoms with Gasteiger partial charge in [0.15, 0.2) is 0 Å². The Morgan fingerprint density at radius 1 is 1.32 bits per heavy atom. The normalized spacial score (nSPS) is 12.5. The minimum Gasteiger partial charge on any atom is -0.480 e. The maximum absolute atomic E-state index is 11.9. The summed E-state index contributed by atoms with van der Waals surface area (Å²) in [7, 11) is 1.23. The second kappa shape index (κ2) is 6.96. The van der Waals surface area contributed by atoms with Crippen molar-refractivity contribution in [3.05, 3.63) is 0 Å². The van der Waals surface area contributed by atoms with Crippen LogP contribution in [0.4, 0.5) is 4.79 Å². The molecule has 0 radical (unpaired) electrons. The number of carbonyl (C=O) groups excluding carboxylic acids is 2. The number of esters is 1. The highest BCUT2D eigenvalue weighted by Gasteiger charge is 2.33. The Balaban J connectivity index is 4.79. The van der Waals surface area contributed by atoms with Crippen molar-refractivity contribution in [3.8, 4) is 0 Å². The summed E-state index contributed by atoms with van der Waals surface area (Å²) < 4.78 is 4.48. The molecule has 1 atom stereocenters. The SMILES string of the molecule is CCN(CC(=O)OC)C(=O)N[C@H](C(=O)O)C(C)(C)C. The van der Waals surface area contributed by atoms with Gasteiger partial charge in [-0.3, -0.25) is 4.79 Å². The van der Waals surface area contributed by atoms with Crippen molar-refractivity contribution in [2.45, 2.75) is 33.7 Å². The van der Waals surface area contributed by atoms with Gasteiger partial charge in [-0.2, -0.15) is 0 Å². The summed E-state index contributed by atoms with van der Waals surface area (Å²) in [6.45, 7) is 6.89. The minimum absolute atomic E-state index is 0.213. The van der Waals surface area contributed by atoms with Crippen LogP contribution in [-0.4, -0.2) is 54.2 Å². The van der Waals surface area contributed by atoms with E-state index in [-0.39, 0.29) is 13.1 Å². The standard InChI is InChI=1S/C12H22N2O5/c1-6-14(7-8(15)19-5)11(18)13-9(10(16)17)12(2,3)4/h9H,6-7H2,1-5H3,(H,13,18)(H,16,17)/t9-/m1/s1. The van der Waals surface area contributed by atoms with Crippen LogP contribution >= 0.6 is 0 Å². The minimum atomic E-state index is -1.12. The zero-order valence-electron chi connectivity index (χ0n) is 12.0. The third-order valence-corrected chi connectivity index (χ3v) is 2.60. The third kappa shape index (κ3) is 5.58. The molecule has 0 saturated carbocycles. The average molecular weight is 274 g/mol. The van der Waals surface area contributed by atoms with Gasteiger partial charge in [0, 0.05) is 6.54 Å². The number of rotatable bonds is 5. The van der Waals surface area contributed by atoms with Crippen molar-refractivity contribution in [3.63, 3.8) is 0 Å². The number of hydrogen-bond donors (Lipinski definition) is 2. The molecular formula is C12H22N2O5. The number of amides is 2. The van der Waals surface area contributed by atoms with Gasteiger partial charge in [-0.15, -0.1) is 0 Å². The summed E-state index contributed by atoms with van der Waals surface area (Å²) in [6, 6.07) is -1.64. The smallest absolute Gasteiger partial charge is 0.326 e. The number of ether oxygens (including phenoxy) is 1. The van der Waals surface area contributed by atoms with E-state index in [1.165, 1.54) is 12.0 Å². The molecule has 0 bridgehead atoms. The highest BCUT2D eigenvalue weighted by molar-refractivity contribution is 5.85. The monoisotopic (exact) mass is 274 g/mol. The summed E-state index contributed by atoms with van der Waals surface area (Å²) in [5, 5.41) is 11.5. The molecule has 0 spiro atoms. The van der Waals surface area contributed by atoms with Crippen LogP contribution in [0.3, 0.4) is 0 Å². The second-order valence-electron chi connectivity index (χ2n) is 5.18. The number of carboxylic acid groups (broad SMARTS) is 1. The number of likely N-dealkylation sites (N-methyl/N-ethyl adjacent to an activating group) is 1. The number of carboxylic acids is 1. The highest BCUT2D eigenvalue weighted by atomic mass is 16.5. The Hall–Kier alpha value is -1.79. The largest absolute Gasteiger partial charge is 0.480 e. The molecule has 7 nitrogen and oxygen atoms in total. The first-order valence-electron chi connectivity index (χ1n) is 5.98. The van der Waals surface area contributed by atoms with Crippen LogP contribution in [0, 0.1) is 5.41 Å². The van der Waals surface area contributed by atoms with E-state index in [9.17, 15) is 14.4 Å². The summed E-state index contributed by atoms with van der Waals surface area (Å²) in [5.41, 5.74) is -0.633. The van der Waals surface area contributed by atoms with Crippen molar-refractivity contribution < 1.29 is 24.2 Å². The van der Waals surface area contributed by atoms with Crippen LogP contribution < -0.4 is 5.32 Å². The number of nitrogens with zero attached hydrogens (tertiary/aromatic N) is 1. The molecule has 2 N–H and O–H groups in total. The lowest BCUT2D eigenvalue weighted by Gasteiger charge is -2.30. The number of hydrogen-bond acceptors (Lipinski definition) is 4. The predicted molar refractivity (Wildman–Crippen MR) is 68.7 cm³/mol. The molecule has 0 heterocycles. The number of methoxy groups -OCH3 is 1. The van der Waals surface area contributed by atoms with E-state index in [1.54, 1.807) is 27.7 Å². The van der Waals surface area contributed by atoms with Gasteiger partial charge in [-0.05, 0) is 12.3 Å². The number of aliphatic carboxylic acids is 1. The van der Waals surface area contributed by atoms with Crippen molar-refractivity contribution in [2.75, 3.05) is 20.2 Å². The molecule has 0 saturated heterocycles. The van der Waals surface area contributed by atoms with Crippen LogP contribution in [0.15, 0.2) is 0 Å². The molecule has 0 fully saturated rings. The van der Waals surface area contributed by atoms with Gasteiger partial charge in [0.2, 0.25) is 0 Å². The lowest BCUT2D eigenvalue weighted by molar-refractivity contribution is -0.142. The molecule has 2 amide bonds. The van der Waals surface area contributed by atoms with E-state index in [0.717, 1.165) is 0 Å². The lowest BCUT2D eigenvalue weighted by atomic mass is 9.87. The first-order chi connectivity index (χ1) is 8.63. The number of carbonyl (C=O) groups is 3. The Morgan fingerprint density at radius 3 is 2.16 bits per heavy atom. The Morgan fingerprint density at radius 2 is 1.84 bits per heavy atom. The van der Waals surface area contributed by atoms with Gasteiger partial charge in [-0.1, -0.05) is 20.8 Å². The Labute approximate surface area is 112 Å². The zero-order chi connectivity index (χ0) is 15.2. The van der Waals surface area contributed by atoms with Crippen LogP contribution in [0.2, 0.25) is 0 Å². The molecule has 110 valence electrons. The quantitative estimate of drug-likeness (QED) is 0.719. The number of nitrogens with one attached hydrogen (secondary N) is 1. The maximum Gasteiger partial charge on any atom is 0.326 e. The van der Waals surface area contributed by atoms with E-state index in [2.05, 4.69) is 10.1 Å². The van der Waals surface area contributed by atoms with Crippen LogP contribution in [0.1, 0.15) is 27.7 Å². The molecule has 0 aromatic rings. The molecular weight excluding hydrogens is 252 g/mol. The molecule has 0 aliphatic rings. The fourth-order valence-electron chi connectivity index (χ4n) is 1.41. The van der Waals surface area contributed by atoms with Gasteiger partial charge in [0.25, 0.3) is 0 Å². The maximum atomic E-state index is 11.9. The van der Waals surface area contributed by atoms with Crippen molar-refractivity contribution >= 4 is 18.0 Å². The summed E-state index contributed by atoms with van der Waals surface area (Å²) >= 11 is 0. The van der Waals surface area contributed by atoms with E-state index in [4.69, 9.17) is 5.11 Å². The molecule has 0 aliphatic carbocycles. The van der Waals surface area contributed by atoms with Gasteiger partial charge < -0.3 is 20.1 Å². The van der Waals surface area contributed by atoms with E-state index in [1.807, 2.05) is 0 Å². The van der Waals surface area contributed by atoms with Crippen molar-refractivity contribution in [1.82, 2.24) is 10.2 Å². The first kappa shape index (κ1) is 17.2. The van der Waals surface area contributed by atoms with Crippen LogP contribution in [0.5, 0.6) is 0 Å². The van der Waals surface area contributed by atoms with Crippen molar-refractivity contribution in [1.29, 1.82) is 0 Å². The average Bonchev–Trinajstić information content (AvgIpc) is 2.30. The molecule has 19 heavy (non-hydrogen) atoms. The molecule has 7 heteroatoms. The number of urea groups is 1. The second-order valence-corrected chi connectivity index (χ2v) is 5.18. The Kier molecular flexibility index (Phi) is 6.31. The fraction of sp³-hybridized carbons (Fsp3) is 0.750.